The molecule has 0 fully saturated rings. The summed E-state index contributed by atoms with van der Waals surface area (Å²) in [6.45, 7) is 0. The minimum atomic E-state index is -5.33. The number of alkyl halides is 5. The van der Waals surface area contributed by atoms with Crippen LogP contribution in [-0.2, 0) is 17.4 Å². The molecule has 0 nitrogen and oxygen atoms in total. The Labute approximate surface area is 52.8 Å². The predicted octanol–water partition coefficient (Wildman–Crippen LogP) is 1.81. The van der Waals surface area contributed by atoms with E-state index in [0.29, 0.717) is 0 Å². The van der Waals surface area contributed by atoms with Crippen molar-refractivity contribution >= 4 is 0 Å². The molecule has 0 heterocycles. The van der Waals surface area contributed by atoms with Gasteiger partial charge >= 0.3 is 12.6 Å². The molecule has 50 valence electrons. The average Bonchev–Trinajstić information content (AvgIpc) is 1.31. The third kappa shape index (κ3) is 4.34. The predicted molar refractivity (Wildman–Crippen MR) is 12.1 cm³/mol. The third-order valence-corrected chi connectivity index (χ3v) is 0.247. The molecule has 0 atom stereocenters. The van der Waals surface area contributed by atoms with Crippen molar-refractivity contribution in [2.24, 2.45) is 0 Å². The second kappa shape index (κ2) is 3.26. The average molecular weight is 172 g/mol. The van der Waals surface area contributed by atoms with Crippen LogP contribution in [-0.4, -0.2) is 12.6 Å². The Morgan fingerprint density at radius 2 is 1.12 bits per heavy atom. The van der Waals surface area contributed by atoms with E-state index in [2.05, 4.69) is 0 Å². The molecule has 0 spiro atoms. The molecule has 0 unspecified atom stereocenters. The van der Waals surface area contributed by atoms with Gasteiger partial charge in [-0.25, -0.2) is 8.78 Å². The van der Waals surface area contributed by atoms with E-state index in [1.807, 2.05) is 0 Å². The molecule has 0 aliphatic rings. The van der Waals surface area contributed by atoms with Crippen molar-refractivity contribution < 1.29 is 39.3 Å². The van der Waals surface area contributed by atoms with Gasteiger partial charge < -0.3 is 0 Å². The summed E-state index contributed by atoms with van der Waals surface area (Å²) >= 11 is 0. The van der Waals surface area contributed by atoms with E-state index in [0.717, 1.165) is 0 Å². The third-order valence-electron chi connectivity index (χ3n) is 0.247. The molecular weight excluding hydrogens is 171 g/mol. The Kier molecular flexibility index (Phi) is 4.49. The monoisotopic (exact) mass is 172 g/mol. The number of rotatable bonds is 0. The molecule has 0 aromatic rings. The van der Waals surface area contributed by atoms with Gasteiger partial charge in [-0.2, -0.15) is 13.2 Å². The summed E-state index contributed by atoms with van der Waals surface area (Å²) in [5.74, 6) is 0. The first-order valence-electron chi connectivity index (χ1n) is 1.29. The molecule has 0 radical (unpaired) electrons. The Morgan fingerprint density at radius 1 is 1.00 bits per heavy atom. The van der Waals surface area contributed by atoms with Gasteiger partial charge in [0.25, 0.3) is 0 Å². The van der Waals surface area contributed by atoms with E-state index in [9.17, 15) is 22.0 Å². The molecular formula is C2HCrF5. The summed E-state index contributed by atoms with van der Waals surface area (Å²) < 4.78 is 52.1. The molecule has 0 saturated heterocycles. The second-order valence-corrected chi connectivity index (χ2v) is 0.842. The van der Waals surface area contributed by atoms with E-state index in [1.165, 1.54) is 0 Å². The van der Waals surface area contributed by atoms with Gasteiger partial charge in [0, 0.05) is 17.4 Å². The van der Waals surface area contributed by atoms with E-state index in [-0.39, 0.29) is 17.4 Å². The van der Waals surface area contributed by atoms with Crippen molar-refractivity contribution in [2.45, 2.75) is 12.6 Å². The van der Waals surface area contributed by atoms with Gasteiger partial charge in [-0.15, -0.1) is 0 Å². The van der Waals surface area contributed by atoms with Crippen LogP contribution in [0.2, 0.25) is 0 Å². The van der Waals surface area contributed by atoms with E-state index >= 15 is 0 Å². The first kappa shape index (κ1) is 11.0. The molecule has 6 heteroatoms. The van der Waals surface area contributed by atoms with Crippen molar-refractivity contribution in [1.29, 1.82) is 0 Å². The normalized spacial score (nSPS) is 11.2. The molecule has 0 aromatic heterocycles. The summed E-state index contributed by atoms with van der Waals surface area (Å²) in [4.78, 5) is 0. The maximum Gasteiger partial charge on any atom is 0.450 e. The van der Waals surface area contributed by atoms with Crippen molar-refractivity contribution in [3.05, 3.63) is 0 Å². The largest absolute Gasteiger partial charge is 0.450 e. The Morgan fingerprint density at radius 3 is 1.12 bits per heavy atom. The van der Waals surface area contributed by atoms with Gasteiger partial charge in [0.2, 0.25) is 0 Å². The van der Waals surface area contributed by atoms with Crippen LogP contribution in [0.5, 0.6) is 0 Å². The first-order valence-corrected chi connectivity index (χ1v) is 1.29. The van der Waals surface area contributed by atoms with Gasteiger partial charge in [-0.1, -0.05) is 0 Å². The molecule has 0 N–H and O–H groups in total. The SMILES string of the molecule is FC(F)C(F)(F)F.[Cr]. The van der Waals surface area contributed by atoms with Crippen LogP contribution < -0.4 is 0 Å². The van der Waals surface area contributed by atoms with Crippen LogP contribution >= 0.6 is 0 Å². The zero-order valence-corrected chi connectivity index (χ0v) is 4.65. The zero-order chi connectivity index (χ0) is 6.08. The summed E-state index contributed by atoms with van der Waals surface area (Å²) in [7, 11) is 0. The molecule has 0 saturated carbocycles. The minimum Gasteiger partial charge on any atom is -0.200 e. The number of hydrogen-bond donors (Lipinski definition) is 0. The fourth-order valence-electron chi connectivity index (χ4n) is 0. The zero-order valence-electron chi connectivity index (χ0n) is 3.38. The molecule has 0 aromatic carbocycles. The Balaban J connectivity index is 0. The molecule has 0 amide bonds. The first-order chi connectivity index (χ1) is 2.94. The van der Waals surface area contributed by atoms with Crippen LogP contribution in [0.3, 0.4) is 0 Å². The van der Waals surface area contributed by atoms with E-state index < -0.39 is 12.6 Å². The van der Waals surface area contributed by atoms with Crippen LogP contribution in [0.4, 0.5) is 22.0 Å². The molecule has 0 aliphatic carbocycles. The van der Waals surface area contributed by atoms with Gasteiger partial charge in [-0.3, -0.25) is 0 Å². The second-order valence-electron chi connectivity index (χ2n) is 0.842. The van der Waals surface area contributed by atoms with Gasteiger partial charge in [0.1, 0.15) is 0 Å². The van der Waals surface area contributed by atoms with Crippen molar-refractivity contribution in [1.82, 2.24) is 0 Å². The van der Waals surface area contributed by atoms with Crippen molar-refractivity contribution in [2.75, 3.05) is 0 Å². The molecule has 0 bridgehead atoms. The van der Waals surface area contributed by atoms with E-state index in [1.54, 1.807) is 0 Å². The Hall–Kier alpha value is 0.182. The summed E-state index contributed by atoms with van der Waals surface area (Å²) in [6.07, 6.45) is -9.53. The maximum atomic E-state index is 10.4. The van der Waals surface area contributed by atoms with Crippen LogP contribution in [0.15, 0.2) is 0 Å². The van der Waals surface area contributed by atoms with E-state index in [4.69, 9.17) is 0 Å². The fraction of sp³-hybridized carbons (Fsp3) is 1.00. The molecule has 0 rings (SSSR count). The quantitative estimate of drug-likeness (QED) is 0.489. The van der Waals surface area contributed by atoms with Crippen molar-refractivity contribution in [3.63, 3.8) is 0 Å². The topological polar surface area (TPSA) is 0 Å². The summed E-state index contributed by atoms with van der Waals surface area (Å²) in [5.41, 5.74) is 0. The van der Waals surface area contributed by atoms with Crippen LogP contribution in [0.25, 0.3) is 0 Å². The molecule has 8 heavy (non-hydrogen) atoms. The molecule has 0 aliphatic heterocycles. The Bertz CT molecular complexity index is 55.9. The maximum absolute atomic E-state index is 10.4. The van der Waals surface area contributed by atoms with Crippen molar-refractivity contribution in [3.8, 4) is 0 Å². The standard InChI is InChI=1S/C2HF5.Cr/c3-1(4)2(5,6)7;/h1H;. The van der Waals surface area contributed by atoms with Crippen LogP contribution in [0, 0.1) is 0 Å². The van der Waals surface area contributed by atoms with Gasteiger partial charge in [0.05, 0.1) is 0 Å². The van der Waals surface area contributed by atoms with Gasteiger partial charge in [0.15, 0.2) is 0 Å². The van der Waals surface area contributed by atoms with Gasteiger partial charge in [-0.05, 0) is 0 Å². The van der Waals surface area contributed by atoms with Crippen LogP contribution in [0.1, 0.15) is 0 Å². The number of halogens is 5. The smallest absolute Gasteiger partial charge is 0.200 e. The summed E-state index contributed by atoms with van der Waals surface area (Å²) in [5, 5.41) is 0. The number of hydrogen-bond acceptors (Lipinski definition) is 0. The minimum absolute atomic E-state index is 0. The summed E-state index contributed by atoms with van der Waals surface area (Å²) in [6, 6.07) is 0. The fourth-order valence-corrected chi connectivity index (χ4v) is 0.